The van der Waals surface area contributed by atoms with Crippen LogP contribution in [0.25, 0.3) is 11.4 Å². The minimum atomic E-state index is -0.0239. The molecule has 0 radical (unpaired) electrons. The summed E-state index contributed by atoms with van der Waals surface area (Å²) in [7, 11) is 0. The average Bonchev–Trinajstić information content (AvgIpc) is 3.24. The third-order valence-corrected chi connectivity index (χ3v) is 5.21. The number of piperazine rings is 1. The van der Waals surface area contributed by atoms with Crippen molar-refractivity contribution in [3.63, 3.8) is 0 Å². The summed E-state index contributed by atoms with van der Waals surface area (Å²) >= 11 is 5.93. The van der Waals surface area contributed by atoms with Gasteiger partial charge in [0.2, 0.25) is 11.7 Å². The Morgan fingerprint density at radius 2 is 1.89 bits per heavy atom. The van der Waals surface area contributed by atoms with Gasteiger partial charge >= 0.3 is 0 Å². The zero-order chi connectivity index (χ0) is 19.5. The molecule has 1 atom stereocenters. The summed E-state index contributed by atoms with van der Waals surface area (Å²) in [6.07, 6.45) is 3.27. The number of aromatic nitrogens is 3. The summed E-state index contributed by atoms with van der Waals surface area (Å²) in [5.41, 5.74) is 1.48. The third kappa shape index (κ3) is 3.90. The zero-order valence-corrected chi connectivity index (χ0v) is 16.2. The van der Waals surface area contributed by atoms with Gasteiger partial charge in [-0.15, -0.1) is 0 Å². The number of pyridine rings is 1. The van der Waals surface area contributed by atoms with E-state index in [-0.39, 0.29) is 11.9 Å². The molecule has 1 aliphatic heterocycles. The molecular formula is C20H20ClN5O2. The van der Waals surface area contributed by atoms with Gasteiger partial charge in [-0.3, -0.25) is 14.7 Å². The second kappa shape index (κ2) is 8.08. The van der Waals surface area contributed by atoms with E-state index >= 15 is 0 Å². The number of halogens is 1. The van der Waals surface area contributed by atoms with Gasteiger partial charge in [0.05, 0.1) is 11.6 Å². The highest BCUT2D eigenvalue weighted by Crippen LogP contribution is 2.24. The van der Waals surface area contributed by atoms with Gasteiger partial charge in [-0.25, -0.2) is 0 Å². The Labute approximate surface area is 167 Å². The molecule has 0 bridgehead atoms. The summed E-state index contributed by atoms with van der Waals surface area (Å²) in [5.74, 6) is 1.13. The number of nitrogens with zero attached hydrogens (tertiary/aromatic N) is 5. The molecular weight excluding hydrogens is 378 g/mol. The predicted molar refractivity (Wildman–Crippen MR) is 105 cm³/mol. The molecule has 7 nitrogen and oxygen atoms in total. The van der Waals surface area contributed by atoms with Crippen molar-refractivity contribution in [1.29, 1.82) is 0 Å². The van der Waals surface area contributed by atoms with E-state index in [2.05, 4.69) is 20.0 Å². The van der Waals surface area contributed by atoms with Crippen LogP contribution < -0.4 is 0 Å². The van der Waals surface area contributed by atoms with E-state index in [9.17, 15) is 4.79 Å². The summed E-state index contributed by atoms with van der Waals surface area (Å²) < 4.78 is 5.48. The van der Waals surface area contributed by atoms with E-state index in [1.54, 1.807) is 36.7 Å². The minimum absolute atomic E-state index is 0.0169. The van der Waals surface area contributed by atoms with Crippen molar-refractivity contribution in [3.05, 3.63) is 65.3 Å². The quantitative estimate of drug-likeness (QED) is 0.672. The highest BCUT2D eigenvalue weighted by molar-refractivity contribution is 6.30. The van der Waals surface area contributed by atoms with Gasteiger partial charge in [-0.05, 0) is 43.3 Å². The molecule has 2 aromatic heterocycles. The maximum absolute atomic E-state index is 12.5. The number of carbonyl (C=O) groups excluding carboxylic acids is 1. The summed E-state index contributed by atoms with van der Waals surface area (Å²) in [5, 5.41) is 4.75. The first-order valence-corrected chi connectivity index (χ1v) is 9.52. The summed E-state index contributed by atoms with van der Waals surface area (Å²) in [6.45, 7) is 4.82. The van der Waals surface area contributed by atoms with Crippen LogP contribution in [0.5, 0.6) is 0 Å². The second-order valence-electron chi connectivity index (χ2n) is 6.71. The van der Waals surface area contributed by atoms with Crippen molar-refractivity contribution >= 4 is 17.5 Å². The molecule has 0 N–H and O–H groups in total. The molecule has 1 aromatic carbocycles. The fourth-order valence-electron chi connectivity index (χ4n) is 3.26. The van der Waals surface area contributed by atoms with Crippen molar-refractivity contribution < 1.29 is 9.32 Å². The highest BCUT2D eigenvalue weighted by atomic mass is 35.5. The fraction of sp³-hybridized carbons (Fsp3) is 0.300. The molecule has 1 amide bonds. The molecule has 1 aliphatic rings. The zero-order valence-electron chi connectivity index (χ0n) is 15.5. The third-order valence-electron chi connectivity index (χ3n) is 4.96. The van der Waals surface area contributed by atoms with E-state index in [0.29, 0.717) is 35.4 Å². The van der Waals surface area contributed by atoms with Crippen LogP contribution in [-0.2, 0) is 0 Å². The van der Waals surface area contributed by atoms with E-state index < -0.39 is 0 Å². The molecule has 0 spiro atoms. The largest absolute Gasteiger partial charge is 0.337 e. The SMILES string of the molecule is CC(c1nc(-c2ccc(Cl)cc2)no1)N1CCN(C(=O)c2cccnc2)CC1. The van der Waals surface area contributed by atoms with Crippen molar-refractivity contribution in [1.82, 2.24) is 24.9 Å². The topological polar surface area (TPSA) is 75.4 Å². The Morgan fingerprint density at radius 1 is 1.14 bits per heavy atom. The maximum Gasteiger partial charge on any atom is 0.255 e. The van der Waals surface area contributed by atoms with Gasteiger partial charge in [-0.2, -0.15) is 4.98 Å². The Kier molecular flexibility index (Phi) is 5.36. The number of carbonyl (C=O) groups is 1. The van der Waals surface area contributed by atoms with E-state index in [1.807, 2.05) is 24.0 Å². The Balaban J connectivity index is 1.38. The molecule has 4 rings (SSSR count). The van der Waals surface area contributed by atoms with Gasteiger partial charge in [-0.1, -0.05) is 16.8 Å². The lowest BCUT2D eigenvalue weighted by Gasteiger charge is -2.36. The van der Waals surface area contributed by atoms with E-state index in [4.69, 9.17) is 16.1 Å². The molecule has 8 heteroatoms. The Bertz CT molecular complexity index is 937. The monoisotopic (exact) mass is 397 g/mol. The lowest BCUT2D eigenvalue weighted by molar-refractivity contribution is 0.0551. The van der Waals surface area contributed by atoms with Crippen LogP contribution in [0.2, 0.25) is 5.02 Å². The maximum atomic E-state index is 12.5. The van der Waals surface area contributed by atoms with E-state index in [1.165, 1.54) is 0 Å². The molecule has 3 heterocycles. The first-order valence-electron chi connectivity index (χ1n) is 9.15. The number of hydrogen-bond donors (Lipinski definition) is 0. The van der Waals surface area contributed by atoms with Crippen molar-refractivity contribution in [2.45, 2.75) is 13.0 Å². The second-order valence-corrected chi connectivity index (χ2v) is 7.15. The molecule has 3 aromatic rings. The first-order chi connectivity index (χ1) is 13.6. The number of amides is 1. The number of hydrogen-bond acceptors (Lipinski definition) is 6. The van der Waals surface area contributed by atoms with Crippen molar-refractivity contribution in [3.8, 4) is 11.4 Å². The van der Waals surface area contributed by atoms with Gasteiger partial charge < -0.3 is 9.42 Å². The van der Waals surface area contributed by atoms with Crippen LogP contribution in [0.1, 0.15) is 29.2 Å². The molecule has 144 valence electrons. The fourth-order valence-corrected chi connectivity index (χ4v) is 3.39. The normalized spacial score (nSPS) is 16.1. The van der Waals surface area contributed by atoms with Crippen LogP contribution in [0.3, 0.4) is 0 Å². The highest BCUT2D eigenvalue weighted by Gasteiger charge is 2.28. The van der Waals surface area contributed by atoms with Gasteiger partial charge in [0.1, 0.15) is 0 Å². The van der Waals surface area contributed by atoms with Gasteiger partial charge in [0.15, 0.2) is 0 Å². The van der Waals surface area contributed by atoms with Crippen LogP contribution in [0.15, 0.2) is 53.3 Å². The Hall–Kier alpha value is -2.77. The molecule has 0 saturated carbocycles. The number of benzene rings is 1. The summed E-state index contributed by atoms with van der Waals surface area (Å²) in [4.78, 5) is 25.2. The van der Waals surface area contributed by atoms with E-state index in [0.717, 1.165) is 18.7 Å². The smallest absolute Gasteiger partial charge is 0.255 e. The minimum Gasteiger partial charge on any atom is -0.337 e. The van der Waals surface area contributed by atoms with Crippen LogP contribution in [-0.4, -0.2) is 57.0 Å². The average molecular weight is 398 g/mol. The predicted octanol–water partition coefficient (Wildman–Crippen LogP) is 3.30. The van der Waals surface area contributed by atoms with Crippen LogP contribution >= 0.6 is 11.6 Å². The van der Waals surface area contributed by atoms with Crippen LogP contribution in [0, 0.1) is 0 Å². The lowest BCUT2D eigenvalue weighted by atomic mass is 10.2. The van der Waals surface area contributed by atoms with Crippen molar-refractivity contribution in [2.75, 3.05) is 26.2 Å². The van der Waals surface area contributed by atoms with Gasteiger partial charge in [0.25, 0.3) is 5.91 Å². The molecule has 28 heavy (non-hydrogen) atoms. The molecule has 1 fully saturated rings. The van der Waals surface area contributed by atoms with Crippen molar-refractivity contribution in [2.24, 2.45) is 0 Å². The Morgan fingerprint density at radius 3 is 2.57 bits per heavy atom. The number of rotatable bonds is 4. The van der Waals surface area contributed by atoms with Crippen LogP contribution in [0.4, 0.5) is 0 Å². The first kappa shape index (κ1) is 18.6. The summed E-state index contributed by atoms with van der Waals surface area (Å²) in [6, 6.07) is 10.9. The molecule has 1 unspecified atom stereocenters. The lowest BCUT2D eigenvalue weighted by Crippen LogP contribution is -2.49. The molecule has 1 saturated heterocycles. The molecule has 0 aliphatic carbocycles. The van der Waals surface area contributed by atoms with Gasteiger partial charge in [0, 0.05) is 49.2 Å². The standard InChI is InChI=1S/C20H20ClN5O2/c1-14(19-23-18(24-28-19)15-4-6-17(21)7-5-15)25-9-11-26(12-10-25)20(27)16-3-2-8-22-13-16/h2-8,13-14H,9-12H2,1H3.